The van der Waals surface area contributed by atoms with Crippen LogP contribution in [0.5, 0.6) is 5.75 Å². The van der Waals surface area contributed by atoms with Crippen molar-refractivity contribution in [1.82, 2.24) is 4.90 Å². The minimum atomic E-state index is -0.368. The lowest BCUT2D eigenvalue weighted by atomic mass is 10.1. The molecule has 6 nitrogen and oxygen atoms in total. The fraction of sp³-hybridized carbons (Fsp3) is 0.391. The number of carbonyl (C=O) groups excluding carboxylic acids is 2. The molecule has 0 aromatic heterocycles. The van der Waals surface area contributed by atoms with Gasteiger partial charge in [-0.25, -0.2) is 4.90 Å². The molecule has 0 bridgehead atoms. The number of imide groups is 1. The van der Waals surface area contributed by atoms with Gasteiger partial charge in [0.25, 0.3) is 5.91 Å². The Morgan fingerprint density at radius 3 is 2.34 bits per heavy atom. The zero-order chi connectivity index (χ0) is 20.4. The first-order valence-corrected chi connectivity index (χ1v) is 10.2. The summed E-state index contributed by atoms with van der Waals surface area (Å²) in [6, 6.07) is 15.2. The number of aryl methyl sites for hydroxylation is 1. The Hall–Kier alpha value is -2.86. The number of hydrogen-bond donors (Lipinski definition) is 0. The number of amides is 2. The van der Waals surface area contributed by atoms with Gasteiger partial charge < -0.3 is 9.64 Å². The van der Waals surface area contributed by atoms with Crippen LogP contribution < -0.4 is 14.5 Å². The summed E-state index contributed by atoms with van der Waals surface area (Å²) in [7, 11) is 0. The predicted octanol–water partition coefficient (Wildman–Crippen LogP) is 2.85. The summed E-state index contributed by atoms with van der Waals surface area (Å²) in [6.07, 6.45) is 0.252. The van der Waals surface area contributed by atoms with Crippen molar-refractivity contribution in [3.63, 3.8) is 0 Å². The van der Waals surface area contributed by atoms with Gasteiger partial charge in [-0.2, -0.15) is 0 Å². The van der Waals surface area contributed by atoms with Crippen molar-refractivity contribution in [3.8, 4) is 5.75 Å². The average Bonchev–Trinajstić information content (AvgIpc) is 3.04. The van der Waals surface area contributed by atoms with E-state index in [4.69, 9.17) is 4.74 Å². The smallest absolute Gasteiger partial charge is 0.251 e. The van der Waals surface area contributed by atoms with E-state index in [2.05, 4.69) is 15.9 Å². The third-order valence-electron chi connectivity index (χ3n) is 5.68. The van der Waals surface area contributed by atoms with Gasteiger partial charge in [0.2, 0.25) is 5.91 Å². The van der Waals surface area contributed by atoms with Crippen molar-refractivity contribution in [2.45, 2.75) is 26.3 Å². The molecule has 2 fully saturated rings. The maximum Gasteiger partial charge on any atom is 0.251 e. The second kappa shape index (κ2) is 8.25. The molecule has 2 aromatic carbocycles. The van der Waals surface area contributed by atoms with Crippen molar-refractivity contribution < 1.29 is 14.3 Å². The van der Waals surface area contributed by atoms with E-state index in [1.165, 1.54) is 4.90 Å². The third-order valence-corrected chi connectivity index (χ3v) is 5.68. The fourth-order valence-corrected chi connectivity index (χ4v) is 4.14. The number of nitrogens with zero attached hydrogens (tertiary/aromatic N) is 3. The number of ether oxygens (including phenoxy) is 1. The Kier molecular flexibility index (Phi) is 5.53. The quantitative estimate of drug-likeness (QED) is 0.731. The molecule has 1 unspecified atom stereocenters. The van der Waals surface area contributed by atoms with Crippen molar-refractivity contribution >= 4 is 23.2 Å². The Bertz CT molecular complexity index is 888. The summed E-state index contributed by atoms with van der Waals surface area (Å²) in [6.45, 7) is 7.68. The molecule has 1 atom stereocenters. The second-order valence-corrected chi connectivity index (χ2v) is 7.55. The summed E-state index contributed by atoms with van der Waals surface area (Å²) in [5, 5.41) is 0. The Morgan fingerprint density at radius 2 is 1.66 bits per heavy atom. The van der Waals surface area contributed by atoms with Crippen molar-refractivity contribution in [3.05, 3.63) is 54.1 Å². The van der Waals surface area contributed by atoms with E-state index in [9.17, 15) is 9.59 Å². The number of rotatable bonds is 5. The molecular formula is C23H27N3O3. The fourth-order valence-electron chi connectivity index (χ4n) is 4.14. The van der Waals surface area contributed by atoms with Gasteiger partial charge in [0.1, 0.15) is 5.75 Å². The van der Waals surface area contributed by atoms with Gasteiger partial charge in [-0.15, -0.1) is 0 Å². The maximum atomic E-state index is 13.0. The Labute approximate surface area is 171 Å². The molecule has 0 N–H and O–H groups in total. The Morgan fingerprint density at radius 1 is 0.966 bits per heavy atom. The first-order chi connectivity index (χ1) is 14.1. The number of benzene rings is 2. The monoisotopic (exact) mass is 393 g/mol. The van der Waals surface area contributed by atoms with Gasteiger partial charge in [0.05, 0.1) is 30.4 Å². The van der Waals surface area contributed by atoms with E-state index in [0.717, 1.165) is 43.2 Å². The molecule has 2 heterocycles. The van der Waals surface area contributed by atoms with Crippen LogP contribution in [0.1, 0.15) is 18.9 Å². The highest BCUT2D eigenvalue weighted by Gasteiger charge is 2.43. The van der Waals surface area contributed by atoms with Crippen LogP contribution in [0.25, 0.3) is 0 Å². The summed E-state index contributed by atoms with van der Waals surface area (Å²) in [5.74, 6) is 0.663. The summed E-state index contributed by atoms with van der Waals surface area (Å²) in [4.78, 5) is 31.4. The van der Waals surface area contributed by atoms with E-state index in [1.807, 2.05) is 56.3 Å². The molecule has 0 radical (unpaired) electrons. The maximum absolute atomic E-state index is 13.0. The first-order valence-electron chi connectivity index (χ1n) is 10.2. The average molecular weight is 393 g/mol. The molecule has 4 rings (SSSR count). The van der Waals surface area contributed by atoms with Crippen LogP contribution in [-0.2, 0) is 9.59 Å². The van der Waals surface area contributed by atoms with E-state index >= 15 is 0 Å². The van der Waals surface area contributed by atoms with Crippen molar-refractivity contribution in [2.75, 3.05) is 42.6 Å². The summed E-state index contributed by atoms with van der Waals surface area (Å²) < 4.78 is 5.76. The minimum absolute atomic E-state index is 0.109. The molecule has 6 heteroatoms. The van der Waals surface area contributed by atoms with Gasteiger partial charge in [0, 0.05) is 26.2 Å². The van der Waals surface area contributed by atoms with E-state index in [0.29, 0.717) is 12.3 Å². The zero-order valence-corrected chi connectivity index (χ0v) is 17.0. The molecule has 0 saturated carbocycles. The number of anilines is 2. The molecule has 2 aliphatic heterocycles. The molecule has 152 valence electrons. The second-order valence-electron chi connectivity index (χ2n) is 7.55. The molecule has 2 amide bonds. The molecule has 0 aliphatic carbocycles. The lowest BCUT2D eigenvalue weighted by molar-refractivity contribution is -0.123. The van der Waals surface area contributed by atoms with Crippen molar-refractivity contribution in [2.24, 2.45) is 0 Å². The van der Waals surface area contributed by atoms with Crippen LogP contribution in [-0.4, -0.2) is 55.5 Å². The molecule has 29 heavy (non-hydrogen) atoms. The number of piperazine rings is 1. The van der Waals surface area contributed by atoms with Gasteiger partial charge in [-0.1, -0.05) is 29.8 Å². The number of para-hydroxylation sites is 2. The van der Waals surface area contributed by atoms with Crippen LogP contribution in [0, 0.1) is 6.92 Å². The highest BCUT2D eigenvalue weighted by molar-refractivity contribution is 6.22. The van der Waals surface area contributed by atoms with E-state index < -0.39 is 0 Å². The standard InChI is InChI=1S/C23H27N3O3/c1-3-29-21-7-5-4-6-19(21)24-12-14-25(15-13-24)20-16-22(27)26(23(20)28)18-10-8-17(2)9-11-18/h4-11,20H,3,12-16H2,1-2H3. The molecule has 2 aliphatic rings. The number of hydrogen-bond acceptors (Lipinski definition) is 5. The van der Waals surface area contributed by atoms with Crippen LogP contribution in [0.4, 0.5) is 11.4 Å². The highest BCUT2D eigenvalue weighted by atomic mass is 16.5. The molecule has 2 saturated heterocycles. The van der Waals surface area contributed by atoms with Gasteiger partial charge in [-0.3, -0.25) is 14.5 Å². The zero-order valence-electron chi connectivity index (χ0n) is 17.0. The number of carbonyl (C=O) groups is 2. The molecular weight excluding hydrogens is 366 g/mol. The SMILES string of the molecule is CCOc1ccccc1N1CCN(C2CC(=O)N(c3ccc(C)cc3)C2=O)CC1. The van der Waals surface area contributed by atoms with Crippen LogP contribution in [0.15, 0.2) is 48.5 Å². The molecule has 0 spiro atoms. The highest BCUT2D eigenvalue weighted by Crippen LogP contribution is 2.31. The summed E-state index contributed by atoms with van der Waals surface area (Å²) >= 11 is 0. The Balaban J connectivity index is 1.43. The van der Waals surface area contributed by atoms with E-state index in [-0.39, 0.29) is 24.3 Å². The van der Waals surface area contributed by atoms with Gasteiger partial charge >= 0.3 is 0 Å². The normalized spacial score (nSPS) is 20.4. The lowest BCUT2D eigenvalue weighted by Gasteiger charge is -2.38. The van der Waals surface area contributed by atoms with E-state index in [1.54, 1.807) is 0 Å². The van der Waals surface area contributed by atoms with Crippen LogP contribution in [0.2, 0.25) is 0 Å². The van der Waals surface area contributed by atoms with Gasteiger partial charge in [-0.05, 0) is 38.1 Å². The first kappa shape index (κ1) is 19.5. The van der Waals surface area contributed by atoms with Gasteiger partial charge in [0.15, 0.2) is 0 Å². The summed E-state index contributed by atoms with van der Waals surface area (Å²) in [5.41, 5.74) is 2.86. The largest absolute Gasteiger partial charge is 0.492 e. The predicted molar refractivity (Wildman–Crippen MR) is 113 cm³/mol. The van der Waals surface area contributed by atoms with Crippen LogP contribution in [0.3, 0.4) is 0 Å². The van der Waals surface area contributed by atoms with Crippen molar-refractivity contribution in [1.29, 1.82) is 0 Å². The minimum Gasteiger partial charge on any atom is -0.492 e. The third kappa shape index (κ3) is 3.85. The topological polar surface area (TPSA) is 53.1 Å². The molecule has 2 aromatic rings. The lowest BCUT2D eigenvalue weighted by Crippen LogP contribution is -2.52. The van der Waals surface area contributed by atoms with Crippen LogP contribution >= 0.6 is 0 Å².